The first-order valence-electron chi connectivity index (χ1n) is 6.56. The summed E-state index contributed by atoms with van der Waals surface area (Å²) in [6.45, 7) is 3.82. The van der Waals surface area contributed by atoms with Gasteiger partial charge in [-0.05, 0) is 5.56 Å². The summed E-state index contributed by atoms with van der Waals surface area (Å²) in [6, 6.07) is 10.7. The van der Waals surface area contributed by atoms with Gasteiger partial charge in [0, 0.05) is 36.4 Å². The van der Waals surface area contributed by atoms with Crippen LogP contribution in [-0.2, 0) is 9.84 Å². The highest BCUT2D eigenvalue weighted by molar-refractivity contribution is 8.00. The van der Waals surface area contributed by atoms with Gasteiger partial charge in [-0.1, -0.05) is 37.3 Å². The van der Waals surface area contributed by atoms with Crippen LogP contribution in [0, 0.1) is 0 Å². The molecule has 2 atom stereocenters. The minimum Gasteiger partial charge on any atom is -0.293 e. The first kappa shape index (κ1) is 14.9. The molecule has 1 saturated heterocycles. The van der Waals surface area contributed by atoms with Crippen LogP contribution in [0.3, 0.4) is 0 Å². The van der Waals surface area contributed by atoms with Gasteiger partial charge in [-0.15, -0.1) is 0 Å². The normalized spacial score (nSPS) is 25.4. The summed E-state index contributed by atoms with van der Waals surface area (Å²) in [5.41, 5.74) is 1.29. The van der Waals surface area contributed by atoms with E-state index in [1.807, 2.05) is 17.8 Å². The van der Waals surface area contributed by atoms with Gasteiger partial charge in [0.05, 0.1) is 5.75 Å². The van der Waals surface area contributed by atoms with Crippen molar-refractivity contribution in [1.29, 1.82) is 0 Å². The molecule has 1 heterocycles. The predicted octanol–water partition coefficient (Wildman–Crippen LogP) is 2.21. The molecule has 0 aromatic heterocycles. The van der Waals surface area contributed by atoms with Gasteiger partial charge in [-0.3, -0.25) is 4.90 Å². The highest BCUT2D eigenvalue weighted by Gasteiger charge is 2.30. The van der Waals surface area contributed by atoms with Crippen molar-refractivity contribution in [1.82, 2.24) is 4.90 Å². The van der Waals surface area contributed by atoms with E-state index in [-0.39, 0.29) is 5.75 Å². The van der Waals surface area contributed by atoms with Crippen molar-refractivity contribution in [2.75, 3.05) is 30.9 Å². The molecule has 0 aliphatic carbocycles. The van der Waals surface area contributed by atoms with Gasteiger partial charge in [0.15, 0.2) is 0 Å². The fourth-order valence-electron chi connectivity index (χ4n) is 2.55. The molecule has 1 aliphatic heterocycles. The minimum atomic E-state index is -2.90. The maximum atomic E-state index is 11.4. The molecule has 2 unspecified atom stereocenters. The molecule has 1 aromatic carbocycles. The Hall–Kier alpha value is -0.520. The van der Waals surface area contributed by atoms with Crippen LogP contribution >= 0.6 is 11.8 Å². The molecule has 0 amide bonds. The van der Waals surface area contributed by atoms with E-state index in [1.54, 1.807) is 0 Å². The Morgan fingerprint density at radius 1 is 1.32 bits per heavy atom. The maximum Gasteiger partial charge on any atom is 0.148 e. The quantitative estimate of drug-likeness (QED) is 0.854. The van der Waals surface area contributed by atoms with Crippen LogP contribution in [-0.4, -0.2) is 49.4 Å². The Labute approximate surface area is 120 Å². The average Bonchev–Trinajstić information content (AvgIpc) is 2.36. The van der Waals surface area contributed by atoms with Crippen LogP contribution in [0.4, 0.5) is 0 Å². The van der Waals surface area contributed by atoms with E-state index < -0.39 is 9.84 Å². The SMILES string of the molecule is CC1SCCN(CCS(C)(=O)=O)C1c1ccccc1. The fourth-order valence-corrected chi connectivity index (χ4v) is 4.34. The number of nitrogens with zero attached hydrogens (tertiary/aromatic N) is 1. The minimum absolute atomic E-state index is 0.244. The van der Waals surface area contributed by atoms with E-state index in [0.29, 0.717) is 17.8 Å². The van der Waals surface area contributed by atoms with Gasteiger partial charge in [-0.2, -0.15) is 11.8 Å². The summed E-state index contributed by atoms with van der Waals surface area (Å²) in [4.78, 5) is 2.32. The molecule has 19 heavy (non-hydrogen) atoms. The van der Waals surface area contributed by atoms with Crippen LogP contribution in [0.1, 0.15) is 18.5 Å². The Balaban J connectivity index is 2.15. The molecule has 0 bridgehead atoms. The van der Waals surface area contributed by atoms with Crippen LogP contribution in [0.15, 0.2) is 30.3 Å². The summed E-state index contributed by atoms with van der Waals surface area (Å²) in [5.74, 6) is 1.32. The van der Waals surface area contributed by atoms with Gasteiger partial charge in [0.1, 0.15) is 9.84 Å². The second-order valence-corrected chi connectivity index (χ2v) is 8.84. The third-order valence-corrected chi connectivity index (χ3v) is 5.61. The lowest BCUT2D eigenvalue weighted by molar-refractivity contribution is 0.213. The van der Waals surface area contributed by atoms with E-state index in [4.69, 9.17) is 0 Å². The largest absolute Gasteiger partial charge is 0.293 e. The molecule has 1 aromatic rings. The van der Waals surface area contributed by atoms with E-state index >= 15 is 0 Å². The first-order chi connectivity index (χ1) is 8.97. The number of hydrogen-bond acceptors (Lipinski definition) is 4. The summed E-state index contributed by atoms with van der Waals surface area (Å²) in [6.07, 6.45) is 1.31. The van der Waals surface area contributed by atoms with Crippen molar-refractivity contribution in [3.05, 3.63) is 35.9 Å². The van der Waals surface area contributed by atoms with E-state index in [1.165, 1.54) is 11.8 Å². The summed E-state index contributed by atoms with van der Waals surface area (Å²) in [5, 5.41) is 0.496. The molecular weight excluding hydrogens is 278 g/mol. The van der Waals surface area contributed by atoms with Crippen molar-refractivity contribution in [3.63, 3.8) is 0 Å². The molecule has 0 N–H and O–H groups in total. The highest BCUT2D eigenvalue weighted by atomic mass is 32.2. The van der Waals surface area contributed by atoms with Gasteiger partial charge in [-0.25, -0.2) is 8.42 Å². The lowest BCUT2D eigenvalue weighted by atomic mass is 10.0. The second kappa shape index (κ2) is 6.29. The average molecular weight is 299 g/mol. The van der Waals surface area contributed by atoms with Crippen molar-refractivity contribution >= 4 is 21.6 Å². The van der Waals surface area contributed by atoms with E-state index in [2.05, 4.69) is 36.1 Å². The number of rotatable bonds is 4. The topological polar surface area (TPSA) is 37.4 Å². The van der Waals surface area contributed by atoms with Gasteiger partial charge in [0.25, 0.3) is 0 Å². The third-order valence-electron chi connectivity index (χ3n) is 3.49. The summed E-state index contributed by atoms with van der Waals surface area (Å²) < 4.78 is 22.7. The Morgan fingerprint density at radius 2 is 2.00 bits per heavy atom. The monoisotopic (exact) mass is 299 g/mol. The van der Waals surface area contributed by atoms with Crippen LogP contribution in [0.2, 0.25) is 0 Å². The van der Waals surface area contributed by atoms with Crippen LogP contribution < -0.4 is 0 Å². The van der Waals surface area contributed by atoms with Crippen molar-refractivity contribution in [2.45, 2.75) is 18.2 Å². The smallest absolute Gasteiger partial charge is 0.148 e. The van der Waals surface area contributed by atoms with Gasteiger partial charge >= 0.3 is 0 Å². The van der Waals surface area contributed by atoms with E-state index in [9.17, 15) is 8.42 Å². The summed E-state index contributed by atoms with van der Waals surface area (Å²) >= 11 is 1.97. The molecule has 3 nitrogen and oxygen atoms in total. The van der Waals surface area contributed by atoms with Crippen LogP contribution in [0.5, 0.6) is 0 Å². The van der Waals surface area contributed by atoms with Gasteiger partial charge in [0.2, 0.25) is 0 Å². The lowest BCUT2D eigenvalue weighted by Gasteiger charge is -2.39. The fraction of sp³-hybridized carbons (Fsp3) is 0.571. The maximum absolute atomic E-state index is 11.4. The summed E-state index contributed by atoms with van der Waals surface area (Å²) in [7, 11) is -2.90. The van der Waals surface area contributed by atoms with Crippen molar-refractivity contribution in [3.8, 4) is 0 Å². The number of thioether (sulfide) groups is 1. The zero-order valence-corrected chi connectivity index (χ0v) is 13.1. The van der Waals surface area contributed by atoms with Crippen molar-refractivity contribution < 1.29 is 8.42 Å². The molecule has 0 saturated carbocycles. The predicted molar refractivity (Wildman–Crippen MR) is 82.4 cm³/mol. The molecular formula is C14H21NO2S2. The first-order valence-corrected chi connectivity index (χ1v) is 9.66. The molecule has 5 heteroatoms. The Morgan fingerprint density at radius 3 is 2.63 bits per heavy atom. The third kappa shape index (κ3) is 4.23. The molecule has 2 rings (SSSR count). The van der Waals surface area contributed by atoms with Crippen LogP contribution in [0.25, 0.3) is 0 Å². The molecule has 106 valence electrons. The Kier molecular flexibility index (Phi) is 4.92. The highest BCUT2D eigenvalue weighted by Crippen LogP contribution is 2.35. The Bertz CT molecular complexity index is 501. The zero-order valence-electron chi connectivity index (χ0n) is 11.5. The van der Waals surface area contributed by atoms with E-state index in [0.717, 1.165) is 12.3 Å². The molecule has 0 spiro atoms. The molecule has 1 fully saturated rings. The molecule has 0 radical (unpaired) electrons. The number of sulfone groups is 1. The van der Waals surface area contributed by atoms with Gasteiger partial charge < -0.3 is 0 Å². The van der Waals surface area contributed by atoms with Crippen molar-refractivity contribution in [2.24, 2.45) is 0 Å². The second-order valence-electron chi connectivity index (χ2n) is 5.10. The number of hydrogen-bond donors (Lipinski definition) is 0. The lowest BCUT2D eigenvalue weighted by Crippen LogP contribution is -2.42. The number of benzene rings is 1. The standard InChI is InChI=1S/C14H21NO2S2/c1-12-14(13-6-4-3-5-7-13)15(8-10-18-12)9-11-19(2,16)17/h3-7,12,14H,8-11H2,1-2H3. The molecule has 1 aliphatic rings. The zero-order chi connectivity index (χ0) is 13.9.